The van der Waals surface area contributed by atoms with E-state index in [0.29, 0.717) is 11.4 Å². The number of nitrogens with zero attached hydrogens (tertiary/aromatic N) is 2. The Labute approximate surface area is 152 Å². The maximum Gasteiger partial charge on any atom is 0.291 e. The highest BCUT2D eigenvalue weighted by Gasteiger charge is 2.14. The summed E-state index contributed by atoms with van der Waals surface area (Å²) in [6.45, 7) is 0.0140. The van der Waals surface area contributed by atoms with Gasteiger partial charge in [-0.1, -0.05) is 11.6 Å². The second kappa shape index (κ2) is 7.66. The zero-order valence-electron chi connectivity index (χ0n) is 13.2. The van der Waals surface area contributed by atoms with Crippen LogP contribution in [-0.2, 0) is 6.61 Å². The third-order valence-electron chi connectivity index (χ3n) is 3.32. The summed E-state index contributed by atoms with van der Waals surface area (Å²) in [6, 6.07) is 10.3. The minimum Gasteiger partial charge on any atom is -0.484 e. The Balaban J connectivity index is 1.62. The van der Waals surface area contributed by atoms with Gasteiger partial charge in [0.2, 0.25) is 0 Å². The predicted octanol–water partition coefficient (Wildman–Crippen LogP) is 4.07. The van der Waals surface area contributed by atoms with E-state index in [1.54, 1.807) is 30.6 Å². The second-order valence-corrected chi connectivity index (χ2v) is 5.52. The molecule has 0 bridgehead atoms. The molecule has 3 rings (SSSR count). The molecule has 1 amide bonds. The second-order valence-electron chi connectivity index (χ2n) is 5.12. The Morgan fingerprint density at radius 1 is 1.23 bits per heavy atom. The first-order valence-corrected chi connectivity index (χ1v) is 7.77. The Morgan fingerprint density at radius 3 is 2.69 bits per heavy atom. The minimum absolute atomic E-state index is 0.0140. The summed E-state index contributed by atoms with van der Waals surface area (Å²) in [6.07, 6.45) is 3.12. The van der Waals surface area contributed by atoms with Crippen LogP contribution in [0.25, 0.3) is 0 Å². The summed E-state index contributed by atoms with van der Waals surface area (Å²) in [5.41, 5.74) is 0.465. The van der Waals surface area contributed by atoms with Gasteiger partial charge in [-0.15, -0.1) is 0 Å². The SMILES string of the molecule is O=C(Nc1ccncc1)c1ccc(COc2ccc([N+](=O)[O-])cc2Cl)o1. The number of carbonyl (C=O) groups excluding carboxylic acids is 1. The van der Waals surface area contributed by atoms with E-state index in [2.05, 4.69) is 10.3 Å². The van der Waals surface area contributed by atoms with E-state index in [4.69, 9.17) is 20.8 Å². The maximum atomic E-state index is 12.1. The normalized spacial score (nSPS) is 10.3. The van der Waals surface area contributed by atoms with Crippen LogP contribution in [0, 0.1) is 10.1 Å². The topological polar surface area (TPSA) is 108 Å². The number of nitro groups is 1. The number of nitrogens with one attached hydrogen (secondary N) is 1. The number of rotatable bonds is 6. The molecule has 2 aromatic heterocycles. The van der Waals surface area contributed by atoms with Crippen LogP contribution in [0.1, 0.15) is 16.3 Å². The largest absolute Gasteiger partial charge is 0.484 e. The predicted molar refractivity (Wildman–Crippen MR) is 93.3 cm³/mol. The lowest BCUT2D eigenvalue weighted by Gasteiger charge is -2.06. The fraction of sp³-hybridized carbons (Fsp3) is 0.0588. The molecule has 0 radical (unpaired) electrons. The molecule has 0 aliphatic rings. The Bertz CT molecular complexity index is 943. The van der Waals surface area contributed by atoms with E-state index in [-0.39, 0.29) is 28.8 Å². The highest BCUT2D eigenvalue weighted by Crippen LogP contribution is 2.29. The molecule has 0 fully saturated rings. The standard InChI is InChI=1S/C17H12ClN3O5/c18-14-9-12(21(23)24)1-3-15(14)25-10-13-2-4-16(26-13)17(22)20-11-5-7-19-8-6-11/h1-9H,10H2,(H,19,20,22). The Morgan fingerprint density at radius 2 is 2.00 bits per heavy atom. The molecule has 0 unspecified atom stereocenters. The van der Waals surface area contributed by atoms with Gasteiger partial charge in [0, 0.05) is 30.2 Å². The number of benzene rings is 1. The van der Waals surface area contributed by atoms with Crippen LogP contribution >= 0.6 is 11.6 Å². The molecular formula is C17H12ClN3O5. The number of hydrogen-bond acceptors (Lipinski definition) is 6. The molecule has 2 heterocycles. The summed E-state index contributed by atoms with van der Waals surface area (Å²) < 4.78 is 10.9. The highest BCUT2D eigenvalue weighted by atomic mass is 35.5. The van der Waals surface area contributed by atoms with E-state index in [1.807, 2.05) is 0 Å². The highest BCUT2D eigenvalue weighted by molar-refractivity contribution is 6.32. The van der Waals surface area contributed by atoms with Gasteiger partial charge in [0.25, 0.3) is 11.6 Å². The number of non-ortho nitro benzene ring substituents is 1. The molecule has 9 heteroatoms. The van der Waals surface area contributed by atoms with Crippen LogP contribution in [0.3, 0.4) is 0 Å². The van der Waals surface area contributed by atoms with E-state index in [9.17, 15) is 14.9 Å². The third-order valence-corrected chi connectivity index (χ3v) is 3.62. The maximum absolute atomic E-state index is 12.1. The average Bonchev–Trinajstić information content (AvgIpc) is 3.10. The lowest BCUT2D eigenvalue weighted by atomic mass is 10.3. The summed E-state index contributed by atoms with van der Waals surface area (Å²) in [5, 5.41) is 13.5. The van der Waals surface area contributed by atoms with Gasteiger partial charge in [-0.25, -0.2) is 0 Å². The number of ether oxygens (including phenoxy) is 1. The number of furan rings is 1. The van der Waals surface area contributed by atoms with Crippen LogP contribution in [0.5, 0.6) is 5.75 Å². The van der Waals surface area contributed by atoms with Crippen molar-refractivity contribution in [1.29, 1.82) is 0 Å². The van der Waals surface area contributed by atoms with E-state index in [1.165, 1.54) is 24.3 Å². The van der Waals surface area contributed by atoms with Crippen molar-refractivity contribution in [3.05, 3.63) is 81.5 Å². The number of pyridine rings is 1. The Kier molecular flexibility index (Phi) is 5.14. The summed E-state index contributed by atoms with van der Waals surface area (Å²) in [5.74, 6) is 0.391. The molecule has 1 N–H and O–H groups in total. The van der Waals surface area contributed by atoms with E-state index in [0.717, 1.165) is 0 Å². The number of anilines is 1. The molecule has 8 nitrogen and oxygen atoms in total. The molecule has 26 heavy (non-hydrogen) atoms. The van der Waals surface area contributed by atoms with Gasteiger partial charge in [0.1, 0.15) is 18.1 Å². The van der Waals surface area contributed by atoms with Crippen molar-refractivity contribution >= 4 is 28.9 Å². The number of halogens is 1. The lowest BCUT2D eigenvalue weighted by molar-refractivity contribution is -0.384. The van der Waals surface area contributed by atoms with Crippen molar-refractivity contribution in [2.75, 3.05) is 5.32 Å². The first kappa shape index (κ1) is 17.4. The first-order valence-electron chi connectivity index (χ1n) is 7.40. The molecule has 0 saturated heterocycles. The van der Waals surface area contributed by atoms with Crippen LogP contribution < -0.4 is 10.1 Å². The van der Waals surface area contributed by atoms with Crippen molar-refractivity contribution in [1.82, 2.24) is 4.98 Å². The molecular weight excluding hydrogens is 362 g/mol. The summed E-state index contributed by atoms with van der Waals surface area (Å²) in [4.78, 5) is 26.1. The zero-order valence-corrected chi connectivity index (χ0v) is 14.0. The quantitative estimate of drug-likeness (QED) is 0.515. The van der Waals surface area contributed by atoms with E-state index >= 15 is 0 Å². The van der Waals surface area contributed by atoms with Crippen LogP contribution in [-0.4, -0.2) is 15.8 Å². The van der Waals surface area contributed by atoms with Crippen LogP contribution in [0.2, 0.25) is 5.02 Å². The van der Waals surface area contributed by atoms with Crippen molar-refractivity contribution in [3.63, 3.8) is 0 Å². The summed E-state index contributed by atoms with van der Waals surface area (Å²) >= 11 is 5.96. The molecule has 3 aromatic rings. The monoisotopic (exact) mass is 373 g/mol. The number of hydrogen-bond donors (Lipinski definition) is 1. The van der Waals surface area contributed by atoms with Crippen molar-refractivity contribution in [2.45, 2.75) is 6.61 Å². The van der Waals surface area contributed by atoms with Gasteiger partial charge in [-0.05, 0) is 30.3 Å². The fourth-order valence-corrected chi connectivity index (χ4v) is 2.30. The van der Waals surface area contributed by atoms with Crippen molar-refractivity contribution < 1.29 is 18.9 Å². The molecule has 0 spiro atoms. The molecule has 1 aromatic carbocycles. The third kappa shape index (κ3) is 4.17. The summed E-state index contributed by atoms with van der Waals surface area (Å²) in [7, 11) is 0. The Hall–Kier alpha value is -3.39. The molecule has 132 valence electrons. The molecule has 0 aliphatic carbocycles. The smallest absolute Gasteiger partial charge is 0.291 e. The zero-order chi connectivity index (χ0) is 18.5. The number of amides is 1. The van der Waals surface area contributed by atoms with Gasteiger partial charge in [-0.3, -0.25) is 19.9 Å². The first-order chi connectivity index (χ1) is 12.5. The number of carbonyl (C=O) groups is 1. The molecule has 0 aliphatic heterocycles. The van der Waals surface area contributed by atoms with E-state index < -0.39 is 10.8 Å². The van der Waals surface area contributed by atoms with Gasteiger partial charge in [0.05, 0.1) is 9.95 Å². The average molecular weight is 374 g/mol. The van der Waals surface area contributed by atoms with Gasteiger partial charge in [0.15, 0.2) is 5.76 Å². The van der Waals surface area contributed by atoms with Crippen LogP contribution in [0.4, 0.5) is 11.4 Å². The minimum atomic E-state index is -0.546. The van der Waals surface area contributed by atoms with Crippen molar-refractivity contribution in [2.24, 2.45) is 0 Å². The number of aromatic nitrogens is 1. The molecule has 0 saturated carbocycles. The van der Waals surface area contributed by atoms with Gasteiger partial charge >= 0.3 is 0 Å². The fourth-order valence-electron chi connectivity index (χ4n) is 2.07. The van der Waals surface area contributed by atoms with Gasteiger partial charge in [-0.2, -0.15) is 0 Å². The molecule has 0 atom stereocenters. The van der Waals surface area contributed by atoms with Crippen LogP contribution in [0.15, 0.2) is 59.3 Å². The lowest BCUT2D eigenvalue weighted by Crippen LogP contribution is -2.10. The van der Waals surface area contributed by atoms with Crippen molar-refractivity contribution in [3.8, 4) is 5.75 Å². The van der Waals surface area contributed by atoms with Gasteiger partial charge < -0.3 is 14.5 Å². The number of nitro benzene ring substituents is 1.